The van der Waals surface area contributed by atoms with E-state index in [0.29, 0.717) is 5.56 Å². The fourth-order valence-electron chi connectivity index (χ4n) is 1.16. The van der Waals surface area contributed by atoms with Crippen molar-refractivity contribution in [3.8, 4) is 6.07 Å². The van der Waals surface area contributed by atoms with Crippen molar-refractivity contribution in [1.82, 2.24) is 0 Å². The van der Waals surface area contributed by atoms with Gasteiger partial charge in [0.05, 0.1) is 11.6 Å². The van der Waals surface area contributed by atoms with E-state index >= 15 is 0 Å². The molecule has 2 aromatic carbocycles. The van der Waals surface area contributed by atoms with E-state index in [0.717, 1.165) is 4.90 Å². The van der Waals surface area contributed by atoms with Crippen molar-refractivity contribution in [3.63, 3.8) is 0 Å². The van der Waals surface area contributed by atoms with Gasteiger partial charge in [0.1, 0.15) is 0 Å². The Morgan fingerprint density at radius 2 is 1.87 bits per heavy atom. The minimum atomic E-state index is 0.646. The summed E-state index contributed by atoms with van der Waals surface area (Å²) in [5.74, 6) is 0. The molecule has 1 radical (unpaired) electrons. The average molecular weight is 210 g/mol. The van der Waals surface area contributed by atoms with Crippen LogP contribution in [0.4, 0.5) is 0 Å². The van der Waals surface area contributed by atoms with E-state index in [9.17, 15) is 0 Å². The van der Waals surface area contributed by atoms with Gasteiger partial charge < -0.3 is 0 Å². The molecule has 0 saturated heterocycles. The maximum absolute atomic E-state index is 8.64. The number of nitrogens with zero attached hydrogens (tertiary/aromatic N) is 1. The Balaban J connectivity index is 2.16. The van der Waals surface area contributed by atoms with E-state index in [4.69, 9.17) is 5.26 Å². The van der Waals surface area contributed by atoms with Crippen molar-refractivity contribution >= 4 is 11.8 Å². The van der Waals surface area contributed by atoms with Crippen LogP contribution in [0.25, 0.3) is 0 Å². The second kappa shape index (κ2) is 4.68. The minimum Gasteiger partial charge on any atom is -0.192 e. The van der Waals surface area contributed by atoms with Crippen LogP contribution in [0.5, 0.6) is 0 Å². The first-order valence-electron chi connectivity index (χ1n) is 4.53. The molecule has 0 spiro atoms. The lowest BCUT2D eigenvalue weighted by atomic mass is 10.2. The lowest BCUT2D eigenvalue weighted by molar-refractivity contribution is 1.38. The zero-order valence-corrected chi connectivity index (χ0v) is 8.79. The maximum atomic E-state index is 8.64. The normalized spacial score (nSPS) is 9.53. The molecule has 0 aliphatic carbocycles. The molecule has 0 aliphatic rings. The van der Waals surface area contributed by atoms with Crippen molar-refractivity contribution in [2.24, 2.45) is 0 Å². The molecular formula is C13H8NS. The lowest BCUT2D eigenvalue weighted by Crippen LogP contribution is -1.76. The summed E-state index contributed by atoms with van der Waals surface area (Å²) in [6.45, 7) is 0. The van der Waals surface area contributed by atoms with Crippen molar-refractivity contribution in [2.45, 2.75) is 9.79 Å². The van der Waals surface area contributed by atoms with Crippen molar-refractivity contribution in [3.05, 3.63) is 60.2 Å². The maximum Gasteiger partial charge on any atom is 0.0991 e. The molecule has 2 rings (SSSR count). The summed E-state index contributed by atoms with van der Waals surface area (Å²) in [5.41, 5.74) is 0.646. The van der Waals surface area contributed by atoms with Crippen LogP contribution in [0.15, 0.2) is 58.3 Å². The molecular weight excluding hydrogens is 202 g/mol. The quantitative estimate of drug-likeness (QED) is 0.757. The van der Waals surface area contributed by atoms with Gasteiger partial charge in [0.15, 0.2) is 0 Å². The average Bonchev–Trinajstić information content (AvgIpc) is 2.31. The van der Waals surface area contributed by atoms with Crippen LogP contribution < -0.4 is 0 Å². The number of hydrogen-bond donors (Lipinski definition) is 0. The van der Waals surface area contributed by atoms with Gasteiger partial charge in [-0.05, 0) is 36.4 Å². The fourth-order valence-corrected chi connectivity index (χ4v) is 1.96. The third-order valence-corrected chi connectivity index (χ3v) is 2.87. The van der Waals surface area contributed by atoms with Crippen LogP contribution in [-0.4, -0.2) is 0 Å². The molecule has 71 valence electrons. The van der Waals surface area contributed by atoms with Crippen LogP contribution in [0, 0.1) is 17.4 Å². The van der Waals surface area contributed by atoms with Gasteiger partial charge in [0.2, 0.25) is 0 Å². The standard InChI is InChI=1S/C13H8NS/c14-10-11-6-8-13(9-7-11)15-12-4-2-1-3-5-12/h1-8H. The summed E-state index contributed by atoms with van der Waals surface area (Å²) < 4.78 is 0. The second-order valence-corrected chi connectivity index (χ2v) is 4.08. The summed E-state index contributed by atoms with van der Waals surface area (Å²) in [6, 6.07) is 20.7. The largest absolute Gasteiger partial charge is 0.192 e. The van der Waals surface area contributed by atoms with Crippen LogP contribution in [0.1, 0.15) is 5.56 Å². The van der Waals surface area contributed by atoms with E-state index in [1.54, 1.807) is 17.8 Å². The Kier molecular flexibility index (Phi) is 3.06. The van der Waals surface area contributed by atoms with Crippen LogP contribution in [0.2, 0.25) is 0 Å². The van der Waals surface area contributed by atoms with Gasteiger partial charge in [0.25, 0.3) is 0 Å². The van der Waals surface area contributed by atoms with Gasteiger partial charge in [-0.1, -0.05) is 30.0 Å². The topological polar surface area (TPSA) is 23.8 Å². The zero-order valence-electron chi connectivity index (χ0n) is 7.97. The van der Waals surface area contributed by atoms with Gasteiger partial charge in [-0.15, -0.1) is 0 Å². The van der Waals surface area contributed by atoms with Gasteiger partial charge in [-0.3, -0.25) is 0 Å². The fraction of sp³-hybridized carbons (Fsp3) is 0. The molecule has 0 fully saturated rings. The van der Waals surface area contributed by atoms with Crippen LogP contribution in [0.3, 0.4) is 0 Å². The van der Waals surface area contributed by atoms with E-state index in [1.807, 2.05) is 30.3 Å². The summed E-state index contributed by atoms with van der Waals surface area (Å²) in [6.07, 6.45) is 0. The van der Waals surface area contributed by atoms with Gasteiger partial charge in [0, 0.05) is 9.79 Å². The molecule has 2 aromatic rings. The second-order valence-electron chi connectivity index (χ2n) is 2.97. The van der Waals surface area contributed by atoms with E-state index < -0.39 is 0 Å². The molecule has 0 N–H and O–H groups in total. The molecule has 0 amide bonds. The van der Waals surface area contributed by atoms with Crippen molar-refractivity contribution in [2.75, 3.05) is 0 Å². The predicted octanol–water partition coefficient (Wildman–Crippen LogP) is 3.51. The van der Waals surface area contributed by atoms with Gasteiger partial charge in [-0.2, -0.15) is 5.26 Å². The lowest BCUT2D eigenvalue weighted by Gasteiger charge is -2.00. The third-order valence-electron chi connectivity index (χ3n) is 1.88. The summed E-state index contributed by atoms with van der Waals surface area (Å²) in [4.78, 5) is 2.21. The van der Waals surface area contributed by atoms with E-state index in [2.05, 4.69) is 24.3 Å². The number of hydrogen-bond acceptors (Lipinski definition) is 2. The highest BCUT2D eigenvalue weighted by Crippen LogP contribution is 2.26. The van der Waals surface area contributed by atoms with Gasteiger partial charge in [-0.25, -0.2) is 0 Å². The Hall–Kier alpha value is -1.72. The Morgan fingerprint density at radius 3 is 2.47 bits per heavy atom. The van der Waals surface area contributed by atoms with Gasteiger partial charge >= 0.3 is 0 Å². The summed E-state index contributed by atoms with van der Waals surface area (Å²) >= 11 is 1.64. The minimum absolute atomic E-state index is 0.646. The highest BCUT2D eigenvalue weighted by Gasteiger charge is 1.96. The molecule has 0 bridgehead atoms. The Bertz CT molecular complexity index is 468. The molecule has 0 aliphatic heterocycles. The molecule has 0 atom stereocenters. The number of rotatable bonds is 2. The third kappa shape index (κ3) is 2.61. The smallest absolute Gasteiger partial charge is 0.0991 e. The molecule has 1 nitrogen and oxygen atoms in total. The van der Waals surface area contributed by atoms with Crippen LogP contribution >= 0.6 is 11.8 Å². The molecule has 0 heterocycles. The monoisotopic (exact) mass is 210 g/mol. The first-order chi connectivity index (χ1) is 7.38. The highest BCUT2D eigenvalue weighted by atomic mass is 32.2. The molecule has 15 heavy (non-hydrogen) atoms. The van der Waals surface area contributed by atoms with Crippen molar-refractivity contribution < 1.29 is 0 Å². The Morgan fingerprint density at radius 1 is 1.07 bits per heavy atom. The van der Waals surface area contributed by atoms with E-state index in [-0.39, 0.29) is 0 Å². The zero-order chi connectivity index (χ0) is 10.5. The first kappa shape index (κ1) is 9.82. The molecule has 0 unspecified atom stereocenters. The summed E-state index contributed by atoms with van der Waals surface area (Å²) in [7, 11) is 0. The first-order valence-corrected chi connectivity index (χ1v) is 5.35. The van der Waals surface area contributed by atoms with Crippen LogP contribution in [-0.2, 0) is 0 Å². The molecule has 2 heteroatoms. The van der Waals surface area contributed by atoms with E-state index in [1.165, 1.54) is 4.90 Å². The highest BCUT2D eigenvalue weighted by molar-refractivity contribution is 7.99. The predicted molar refractivity (Wildman–Crippen MR) is 60.6 cm³/mol. The SMILES string of the molecule is N#Cc1c[c]c(Sc2ccccc2)cc1. The molecule has 0 saturated carbocycles. The number of benzene rings is 2. The van der Waals surface area contributed by atoms with Crippen molar-refractivity contribution in [1.29, 1.82) is 5.26 Å². The molecule has 0 aromatic heterocycles. The number of nitriles is 1. The summed E-state index contributed by atoms with van der Waals surface area (Å²) in [5, 5.41) is 8.64. The Labute approximate surface area is 93.4 Å².